The maximum absolute atomic E-state index is 12.3. The van der Waals surface area contributed by atoms with Crippen molar-refractivity contribution in [1.29, 1.82) is 0 Å². The highest BCUT2D eigenvalue weighted by Gasteiger charge is 2.24. The fourth-order valence-electron chi connectivity index (χ4n) is 4.37. The molecule has 0 aliphatic carbocycles. The number of hydrogen-bond donors (Lipinski definition) is 1. The molecule has 10 heteroatoms. The van der Waals surface area contributed by atoms with Crippen LogP contribution < -0.4 is 15.2 Å². The maximum Gasteiger partial charge on any atom is 0.262 e. The van der Waals surface area contributed by atoms with Gasteiger partial charge in [-0.05, 0) is 51.1 Å². The highest BCUT2D eigenvalue weighted by molar-refractivity contribution is 7.16. The van der Waals surface area contributed by atoms with Crippen LogP contribution in [0.4, 0.5) is 0 Å². The number of carbonyl (C=O) groups is 1. The Bertz CT molecular complexity index is 1410. The number of carbonyl (C=O) groups excluding carboxylic acids is 1. The molecule has 2 N–H and O–H groups in total. The Morgan fingerprint density at radius 2 is 1.94 bits per heavy atom. The van der Waals surface area contributed by atoms with Crippen LogP contribution in [0.15, 0.2) is 48.8 Å². The van der Waals surface area contributed by atoms with E-state index in [0.717, 1.165) is 47.5 Å². The number of benzene rings is 2. The van der Waals surface area contributed by atoms with E-state index in [9.17, 15) is 4.79 Å². The summed E-state index contributed by atoms with van der Waals surface area (Å²) in [7, 11) is 2.11. The van der Waals surface area contributed by atoms with Crippen molar-refractivity contribution in [2.24, 2.45) is 5.73 Å². The molecular formula is C26H26Cl2N4O3S. The average molecular weight is 545 g/mol. The SMILES string of the molecule is C[C@@H](Oc1cc(-n2cnc3ccc(Cl)cc32)sc1C(N)=O)c1cccc(OC2CCN(C)CC2)c1Cl. The number of hydrogen-bond acceptors (Lipinski definition) is 6. The highest BCUT2D eigenvalue weighted by atomic mass is 35.5. The van der Waals surface area contributed by atoms with Crippen molar-refractivity contribution in [3.05, 3.63) is 69.3 Å². The summed E-state index contributed by atoms with van der Waals surface area (Å²) >= 11 is 14.2. The molecule has 5 rings (SSSR count). The second-order valence-corrected chi connectivity index (χ2v) is 10.8. The predicted octanol–water partition coefficient (Wildman–Crippen LogP) is 6.11. The van der Waals surface area contributed by atoms with Crippen molar-refractivity contribution >= 4 is 51.5 Å². The lowest BCUT2D eigenvalue weighted by molar-refractivity contribution is 0.0998. The van der Waals surface area contributed by atoms with Crippen molar-refractivity contribution in [3.8, 4) is 16.5 Å². The fraction of sp³-hybridized carbons (Fsp3) is 0.308. The average Bonchev–Trinajstić information content (AvgIpc) is 3.45. The molecule has 0 bridgehead atoms. The Kier molecular flexibility index (Phi) is 7.12. The number of imidazole rings is 1. The van der Waals surface area contributed by atoms with Crippen molar-refractivity contribution in [2.75, 3.05) is 20.1 Å². The number of primary amides is 1. The van der Waals surface area contributed by atoms with E-state index in [-0.39, 0.29) is 6.10 Å². The summed E-state index contributed by atoms with van der Waals surface area (Å²) in [5.41, 5.74) is 8.07. The van der Waals surface area contributed by atoms with E-state index in [2.05, 4.69) is 16.9 Å². The van der Waals surface area contributed by atoms with E-state index in [1.54, 1.807) is 18.5 Å². The zero-order chi connectivity index (χ0) is 25.4. The summed E-state index contributed by atoms with van der Waals surface area (Å²) in [5.74, 6) is 0.458. The van der Waals surface area contributed by atoms with Gasteiger partial charge in [0.1, 0.15) is 39.9 Å². The summed E-state index contributed by atoms with van der Waals surface area (Å²) in [4.78, 5) is 19.3. The molecule has 4 aromatic rings. The minimum Gasteiger partial charge on any atom is -0.489 e. The van der Waals surface area contributed by atoms with E-state index in [0.29, 0.717) is 26.4 Å². The topological polar surface area (TPSA) is 82.6 Å². The number of nitrogens with zero attached hydrogens (tertiary/aromatic N) is 3. The molecule has 2 aromatic heterocycles. The van der Waals surface area contributed by atoms with Crippen LogP contribution in [0, 0.1) is 0 Å². The van der Waals surface area contributed by atoms with Gasteiger partial charge >= 0.3 is 0 Å². The molecule has 0 radical (unpaired) electrons. The van der Waals surface area contributed by atoms with Crippen LogP contribution in [0.3, 0.4) is 0 Å². The highest BCUT2D eigenvalue weighted by Crippen LogP contribution is 2.39. The summed E-state index contributed by atoms with van der Waals surface area (Å²) in [5, 5.41) is 1.84. The molecular weight excluding hydrogens is 519 g/mol. The van der Waals surface area contributed by atoms with E-state index in [1.165, 1.54) is 11.3 Å². The van der Waals surface area contributed by atoms with Crippen LogP contribution in [0.2, 0.25) is 10.0 Å². The minimum atomic E-state index is -0.568. The lowest BCUT2D eigenvalue weighted by Crippen LogP contribution is -2.35. The summed E-state index contributed by atoms with van der Waals surface area (Å²) in [6, 6.07) is 12.9. The number of rotatable bonds is 7. The molecule has 188 valence electrons. The van der Waals surface area contributed by atoms with Crippen LogP contribution >= 0.6 is 34.5 Å². The van der Waals surface area contributed by atoms with Gasteiger partial charge in [-0.1, -0.05) is 35.3 Å². The molecule has 1 atom stereocenters. The van der Waals surface area contributed by atoms with Gasteiger partial charge in [0.05, 0.1) is 16.1 Å². The van der Waals surface area contributed by atoms with Crippen molar-refractivity contribution in [1.82, 2.24) is 14.5 Å². The largest absolute Gasteiger partial charge is 0.489 e. The standard InChI is InChI=1S/C26H26Cl2N4O3S/c1-15(18-4-3-5-21(24(18)28)35-17-8-10-31(2)11-9-17)34-22-13-23(36-25(22)26(29)33)32-14-30-19-7-6-16(27)12-20(19)32/h3-7,12-15,17H,8-11H2,1-2H3,(H2,29,33)/t15-/m1/s1. The molecule has 1 amide bonds. The van der Waals surface area contributed by atoms with E-state index >= 15 is 0 Å². The van der Waals surface area contributed by atoms with E-state index in [1.807, 2.05) is 41.8 Å². The first-order valence-corrected chi connectivity index (χ1v) is 13.2. The van der Waals surface area contributed by atoms with Crippen LogP contribution in [-0.4, -0.2) is 46.6 Å². The zero-order valence-corrected chi connectivity index (χ0v) is 22.2. The smallest absolute Gasteiger partial charge is 0.262 e. The number of aromatic nitrogens is 2. The molecule has 1 aliphatic heterocycles. The van der Waals surface area contributed by atoms with Gasteiger partial charge in [0.2, 0.25) is 0 Å². The number of nitrogens with two attached hydrogens (primary N) is 1. The van der Waals surface area contributed by atoms with Crippen molar-refractivity contribution < 1.29 is 14.3 Å². The van der Waals surface area contributed by atoms with Crippen LogP contribution in [0.5, 0.6) is 11.5 Å². The molecule has 0 unspecified atom stereocenters. The normalized spacial score (nSPS) is 15.8. The third kappa shape index (κ3) is 5.04. The van der Waals surface area contributed by atoms with Gasteiger partial charge in [-0.2, -0.15) is 0 Å². The van der Waals surface area contributed by atoms with E-state index in [4.69, 9.17) is 38.4 Å². The third-order valence-corrected chi connectivity index (χ3v) is 8.12. The third-order valence-electron chi connectivity index (χ3n) is 6.35. The summed E-state index contributed by atoms with van der Waals surface area (Å²) < 4.78 is 14.3. The molecule has 1 aliphatic rings. The van der Waals surface area contributed by atoms with Crippen LogP contribution in [0.25, 0.3) is 16.0 Å². The van der Waals surface area contributed by atoms with Gasteiger partial charge in [-0.25, -0.2) is 4.98 Å². The summed E-state index contributed by atoms with van der Waals surface area (Å²) in [6.45, 7) is 3.88. The Balaban J connectivity index is 1.41. The second-order valence-electron chi connectivity index (χ2n) is 8.93. The number of halogens is 2. The molecule has 0 spiro atoms. The molecule has 2 aromatic carbocycles. The molecule has 7 nitrogen and oxygen atoms in total. The van der Waals surface area contributed by atoms with Crippen LogP contribution in [-0.2, 0) is 0 Å². The lowest BCUT2D eigenvalue weighted by Gasteiger charge is -2.30. The number of piperidine rings is 1. The number of ether oxygens (including phenoxy) is 2. The Hall–Kier alpha value is -2.78. The molecule has 3 heterocycles. The first kappa shape index (κ1) is 24.9. The first-order chi connectivity index (χ1) is 17.3. The predicted molar refractivity (Wildman–Crippen MR) is 144 cm³/mol. The number of amides is 1. The minimum absolute atomic E-state index is 0.129. The van der Waals surface area contributed by atoms with Gasteiger partial charge in [-0.3, -0.25) is 9.36 Å². The van der Waals surface area contributed by atoms with Crippen LogP contribution in [0.1, 0.15) is 41.1 Å². The Morgan fingerprint density at radius 3 is 2.69 bits per heavy atom. The molecule has 1 fully saturated rings. The first-order valence-electron chi connectivity index (χ1n) is 11.7. The van der Waals surface area contributed by atoms with Crippen molar-refractivity contribution in [3.63, 3.8) is 0 Å². The van der Waals surface area contributed by atoms with E-state index < -0.39 is 12.0 Å². The monoisotopic (exact) mass is 544 g/mol. The van der Waals surface area contributed by atoms with Gasteiger partial charge in [0.15, 0.2) is 0 Å². The van der Waals surface area contributed by atoms with Crippen molar-refractivity contribution in [2.45, 2.75) is 32.0 Å². The van der Waals surface area contributed by atoms with Gasteiger partial charge in [0, 0.05) is 29.7 Å². The number of fused-ring (bicyclic) bond motifs is 1. The second kappa shape index (κ2) is 10.3. The number of thiophene rings is 1. The quantitative estimate of drug-likeness (QED) is 0.303. The maximum atomic E-state index is 12.3. The fourth-order valence-corrected chi connectivity index (χ4v) is 5.78. The molecule has 1 saturated heterocycles. The lowest BCUT2D eigenvalue weighted by atomic mass is 10.1. The summed E-state index contributed by atoms with van der Waals surface area (Å²) in [6.07, 6.45) is 3.27. The van der Waals surface area contributed by atoms with Gasteiger partial charge in [0.25, 0.3) is 5.91 Å². The Labute approximate surface area is 223 Å². The van der Waals surface area contributed by atoms with Gasteiger partial charge < -0.3 is 20.1 Å². The number of likely N-dealkylation sites (tertiary alicyclic amines) is 1. The molecule has 0 saturated carbocycles. The van der Waals surface area contributed by atoms with Gasteiger partial charge in [-0.15, -0.1) is 11.3 Å². The Morgan fingerprint density at radius 1 is 1.17 bits per heavy atom. The molecule has 36 heavy (non-hydrogen) atoms. The zero-order valence-electron chi connectivity index (χ0n) is 19.9.